The number of aliphatic hydroxyl groups excluding tert-OH is 2. The van der Waals surface area contributed by atoms with Crippen molar-refractivity contribution >= 4 is 5.82 Å². The fraction of sp³-hybridized carbons (Fsp3) is 0.583. The second-order valence-corrected chi connectivity index (χ2v) is 3.78. The summed E-state index contributed by atoms with van der Waals surface area (Å²) in [4.78, 5) is 6.36. The van der Waals surface area contributed by atoms with Crippen LogP contribution in [-0.4, -0.2) is 34.9 Å². The van der Waals surface area contributed by atoms with Crippen molar-refractivity contribution in [2.24, 2.45) is 0 Å². The quantitative estimate of drug-likeness (QED) is 0.765. The van der Waals surface area contributed by atoms with Gasteiger partial charge in [-0.1, -0.05) is 0 Å². The molecule has 0 spiro atoms. The van der Waals surface area contributed by atoms with Crippen LogP contribution in [0.1, 0.15) is 31.9 Å². The Balaban J connectivity index is 2.79. The first-order valence-electron chi connectivity index (χ1n) is 5.68. The van der Waals surface area contributed by atoms with Crippen LogP contribution in [0.4, 0.5) is 5.82 Å². The normalized spacial score (nSPS) is 12.5. The molecule has 1 aromatic rings. The summed E-state index contributed by atoms with van der Waals surface area (Å²) in [5.74, 6) is 0.856. The predicted octanol–water partition coefficient (Wildman–Crippen LogP) is 1.34. The molecule has 0 aliphatic rings. The van der Waals surface area contributed by atoms with Crippen LogP contribution >= 0.6 is 0 Å². The maximum absolute atomic E-state index is 9.49. The first kappa shape index (κ1) is 12.9. The molecule has 0 saturated carbocycles. The lowest BCUT2D eigenvalue weighted by Crippen LogP contribution is -2.25. The molecule has 0 fully saturated rings. The summed E-state index contributed by atoms with van der Waals surface area (Å²) in [6.07, 6.45) is 1.96. The van der Waals surface area contributed by atoms with E-state index in [1.54, 1.807) is 13.1 Å². The zero-order chi connectivity index (χ0) is 12.0. The highest BCUT2D eigenvalue weighted by Gasteiger charge is 2.08. The average molecular weight is 224 g/mol. The molecule has 0 aromatic carbocycles. The molecular formula is C12H20N2O2. The molecule has 0 unspecified atom stereocenters. The van der Waals surface area contributed by atoms with Crippen LogP contribution in [0.15, 0.2) is 18.3 Å². The number of hydrogen-bond acceptors (Lipinski definition) is 4. The van der Waals surface area contributed by atoms with Crippen LogP contribution in [0.25, 0.3) is 0 Å². The topological polar surface area (TPSA) is 56.6 Å². The van der Waals surface area contributed by atoms with Gasteiger partial charge >= 0.3 is 0 Å². The van der Waals surface area contributed by atoms with Gasteiger partial charge in [0.05, 0.1) is 6.10 Å². The maximum atomic E-state index is 9.49. The fourth-order valence-corrected chi connectivity index (χ4v) is 1.56. The Morgan fingerprint density at radius 2 is 2.25 bits per heavy atom. The second-order valence-electron chi connectivity index (χ2n) is 3.78. The van der Waals surface area contributed by atoms with Gasteiger partial charge in [-0.2, -0.15) is 0 Å². The molecule has 0 bridgehead atoms. The zero-order valence-electron chi connectivity index (χ0n) is 9.93. The molecule has 1 rings (SSSR count). The van der Waals surface area contributed by atoms with E-state index in [4.69, 9.17) is 5.11 Å². The van der Waals surface area contributed by atoms with E-state index in [9.17, 15) is 5.11 Å². The number of nitrogens with zero attached hydrogens (tertiary/aromatic N) is 2. The highest BCUT2D eigenvalue weighted by molar-refractivity contribution is 5.41. The van der Waals surface area contributed by atoms with Crippen molar-refractivity contribution in [1.29, 1.82) is 0 Å². The van der Waals surface area contributed by atoms with Gasteiger partial charge in [0, 0.05) is 25.9 Å². The predicted molar refractivity (Wildman–Crippen MR) is 64.5 cm³/mol. The molecule has 0 aliphatic carbocycles. The third-order valence-electron chi connectivity index (χ3n) is 2.54. The van der Waals surface area contributed by atoms with Gasteiger partial charge in [-0.3, -0.25) is 0 Å². The number of anilines is 1. The lowest BCUT2D eigenvalue weighted by molar-refractivity contribution is 0.199. The van der Waals surface area contributed by atoms with Crippen LogP contribution in [0, 0.1) is 0 Å². The molecule has 90 valence electrons. The van der Waals surface area contributed by atoms with Crippen molar-refractivity contribution in [2.75, 3.05) is 24.6 Å². The second kappa shape index (κ2) is 6.45. The third-order valence-corrected chi connectivity index (χ3v) is 2.54. The van der Waals surface area contributed by atoms with Crippen molar-refractivity contribution in [2.45, 2.75) is 26.4 Å². The van der Waals surface area contributed by atoms with Gasteiger partial charge in [-0.05, 0) is 38.0 Å². The van der Waals surface area contributed by atoms with Crippen molar-refractivity contribution < 1.29 is 10.2 Å². The number of hydrogen-bond donors (Lipinski definition) is 2. The molecular weight excluding hydrogens is 204 g/mol. The van der Waals surface area contributed by atoms with E-state index >= 15 is 0 Å². The van der Waals surface area contributed by atoms with E-state index in [1.807, 2.05) is 19.1 Å². The summed E-state index contributed by atoms with van der Waals surface area (Å²) < 4.78 is 0. The summed E-state index contributed by atoms with van der Waals surface area (Å²) in [5, 5.41) is 18.3. The first-order valence-corrected chi connectivity index (χ1v) is 5.68. The minimum atomic E-state index is -0.474. The van der Waals surface area contributed by atoms with Gasteiger partial charge in [0.1, 0.15) is 5.82 Å². The van der Waals surface area contributed by atoms with Crippen molar-refractivity contribution in [3.63, 3.8) is 0 Å². The number of rotatable bonds is 6. The van der Waals surface area contributed by atoms with Gasteiger partial charge in [-0.15, -0.1) is 0 Å². The van der Waals surface area contributed by atoms with Gasteiger partial charge in [0.2, 0.25) is 0 Å². The monoisotopic (exact) mass is 224 g/mol. The van der Waals surface area contributed by atoms with Gasteiger partial charge in [0.25, 0.3) is 0 Å². The molecule has 4 nitrogen and oxygen atoms in total. The molecule has 0 amide bonds. The summed E-state index contributed by atoms with van der Waals surface area (Å²) in [6, 6.07) is 3.71. The minimum Gasteiger partial charge on any atom is -0.396 e. The van der Waals surface area contributed by atoms with E-state index < -0.39 is 6.10 Å². The van der Waals surface area contributed by atoms with Gasteiger partial charge in [-0.25, -0.2) is 4.98 Å². The maximum Gasteiger partial charge on any atom is 0.128 e. The molecule has 1 heterocycles. The van der Waals surface area contributed by atoms with Crippen molar-refractivity contribution in [3.8, 4) is 0 Å². The van der Waals surface area contributed by atoms with E-state index in [2.05, 4.69) is 9.88 Å². The third kappa shape index (κ3) is 3.47. The molecule has 1 atom stereocenters. The van der Waals surface area contributed by atoms with E-state index in [-0.39, 0.29) is 6.61 Å². The lowest BCUT2D eigenvalue weighted by atomic mass is 10.1. The molecule has 0 aliphatic heterocycles. The van der Waals surface area contributed by atoms with Crippen molar-refractivity contribution in [3.05, 3.63) is 23.9 Å². The van der Waals surface area contributed by atoms with Crippen molar-refractivity contribution in [1.82, 2.24) is 4.98 Å². The van der Waals surface area contributed by atoms with Gasteiger partial charge < -0.3 is 15.1 Å². The van der Waals surface area contributed by atoms with Crippen LogP contribution in [0.5, 0.6) is 0 Å². The molecule has 2 N–H and O–H groups in total. The Bertz CT molecular complexity index is 316. The van der Waals surface area contributed by atoms with Crippen LogP contribution in [-0.2, 0) is 0 Å². The number of aromatic nitrogens is 1. The SMILES string of the molecule is CCN(CCCO)c1cc([C@@H](C)O)ccn1. The molecule has 16 heavy (non-hydrogen) atoms. The number of pyridine rings is 1. The Morgan fingerprint density at radius 3 is 2.81 bits per heavy atom. The summed E-state index contributed by atoms with van der Waals surface area (Å²) in [5.41, 5.74) is 0.868. The molecule has 0 radical (unpaired) electrons. The Hall–Kier alpha value is -1.13. The highest BCUT2D eigenvalue weighted by atomic mass is 16.3. The highest BCUT2D eigenvalue weighted by Crippen LogP contribution is 2.17. The Kier molecular flexibility index (Phi) is 5.22. The first-order chi connectivity index (χ1) is 7.69. The standard InChI is InChI=1S/C12H20N2O2/c1-3-14(7-4-8-15)12-9-11(10(2)16)5-6-13-12/h5-6,9-10,15-16H,3-4,7-8H2,1-2H3/t10-/m1/s1. The lowest BCUT2D eigenvalue weighted by Gasteiger charge is -2.22. The summed E-state index contributed by atoms with van der Waals surface area (Å²) in [7, 11) is 0. The number of aliphatic hydroxyl groups is 2. The van der Waals surface area contributed by atoms with Crippen LogP contribution < -0.4 is 4.90 Å². The summed E-state index contributed by atoms with van der Waals surface area (Å²) >= 11 is 0. The van der Waals surface area contributed by atoms with Gasteiger partial charge in [0.15, 0.2) is 0 Å². The zero-order valence-corrected chi connectivity index (χ0v) is 9.93. The van der Waals surface area contributed by atoms with E-state index in [0.29, 0.717) is 0 Å². The fourth-order valence-electron chi connectivity index (χ4n) is 1.56. The molecule has 0 saturated heterocycles. The minimum absolute atomic E-state index is 0.187. The smallest absolute Gasteiger partial charge is 0.128 e. The van der Waals surface area contributed by atoms with Crippen LogP contribution in [0.2, 0.25) is 0 Å². The average Bonchev–Trinajstić information content (AvgIpc) is 2.30. The summed E-state index contributed by atoms with van der Waals surface area (Å²) in [6.45, 7) is 5.60. The van der Waals surface area contributed by atoms with E-state index in [0.717, 1.165) is 30.9 Å². The van der Waals surface area contributed by atoms with Crippen LogP contribution in [0.3, 0.4) is 0 Å². The Morgan fingerprint density at radius 1 is 1.50 bits per heavy atom. The van der Waals surface area contributed by atoms with E-state index in [1.165, 1.54) is 0 Å². The Labute approximate surface area is 96.6 Å². The largest absolute Gasteiger partial charge is 0.396 e. The molecule has 1 aromatic heterocycles. The molecule has 4 heteroatoms.